The van der Waals surface area contributed by atoms with E-state index in [0.717, 1.165) is 32.0 Å². The zero-order valence-corrected chi connectivity index (χ0v) is 17.7. The van der Waals surface area contributed by atoms with Crippen molar-refractivity contribution in [2.45, 2.75) is 51.1 Å². The lowest BCUT2D eigenvalue weighted by Crippen LogP contribution is -2.53. The molecule has 0 bridgehead atoms. The van der Waals surface area contributed by atoms with Crippen LogP contribution in [0.1, 0.15) is 44.1 Å². The molecular formula is C26H36N2O. The number of piperazine rings is 1. The van der Waals surface area contributed by atoms with Crippen LogP contribution in [0.25, 0.3) is 11.1 Å². The first-order valence-electron chi connectivity index (χ1n) is 11.5. The molecule has 1 aliphatic carbocycles. The third-order valence-electron chi connectivity index (χ3n) is 6.84. The van der Waals surface area contributed by atoms with Crippen molar-refractivity contribution in [1.82, 2.24) is 9.80 Å². The van der Waals surface area contributed by atoms with Crippen LogP contribution in [-0.2, 0) is 6.54 Å². The van der Waals surface area contributed by atoms with E-state index in [2.05, 4.69) is 64.4 Å². The molecule has 0 amide bonds. The lowest BCUT2D eigenvalue weighted by Gasteiger charge is -2.43. The van der Waals surface area contributed by atoms with E-state index >= 15 is 0 Å². The van der Waals surface area contributed by atoms with Crippen LogP contribution in [0, 0.1) is 5.92 Å². The maximum absolute atomic E-state index is 9.63. The van der Waals surface area contributed by atoms with Gasteiger partial charge in [0, 0.05) is 45.4 Å². The third-order valence-corrected chi connectivity index (χ3v) is 6.84. The summed E-state index contributed by atoms with van der Waals surface area (Å²) in [6.45, 7) is 5.92. The molecular weight excluding hydrogens is 356 g/mol. The smallest absolute Gasteiger partial charge is 0.0446 e. The van der Waals surface area contributed by atoms with Gasteiger partial charge in [-0.1, -0.05) is 73.9 Å². The molecule has 0 radical (unpaired) electrons. The summed E-state index contributed by atoms with van der Waals surface area (Å²) < 4.78 is 0. The van der Waals surface area contributed by atoms with E-state index in [1.165, 1.54) is 61.9 Å². The molecule has 29 heavy (non-hydrogen) atoms. The van der Waals surface area contributed by atoms with E-state index < -0.39 is 0 Å². The minimum atomic E-state index is 0.283. The van der Waals surface area contributed by atoms with Gasteiger partial charge >= 0.3 is 0 Å². The number of rotatable bonds is 7. The Balaban J connectivity index is 1.35. The van der Waals surface area contributed by atoms with Gasteiger partial charge in [-0.2, -0.15) is 0 Å². The number of benzene rings is 2. The molecule has 3 nitrogen and oxygen atoms in total. The van der Waals surface area contributed by atoms with Crippen molar-refractivity contribution < 1.29 is 5.11 Å². The van der Waals surface area contributed by atoms with Gasteiger partial charge in [-0.3, -0.25) is 4.90 Å². The molecule has 2 aromatic carbocycles. The highest BCUT2D eigenvalue weighted by molar-refractivity contribution is 5.63. The highest BCUT2D eigenvalue weighted by Crippen LogP contribution is 2.26. The van der Waals surface area contributed by atoms with Crippen molar-refractivity contribution in [3.63, 3.8) is 0 Å². The molecule has 2 aromatic rings. The lowest BCUT2D eigenvalue weighted by molar-refractivity contribution is 0.0427. The average molecular weight is 393 g/mol. The second kappa shape index (κ2) is 10.4. The van der Waals surface area contributed by atoms with E-state index in [4.69, 9.17) is 0 Å². The standard InChI is InChI=1S/C26H36N2O/c29-18-15-26-21-27(19-22-7-3-1-4-8-22)16-17-28(26)20-23-11-13-25(14-12-23)24-9-5-2-6-10-24/h2,5-6,9-14,22,26,29H,1,3-4,7-8,15-21H2/t26-/m0/s1. The third kappa shape index (κ3) is 5.69. The van der Waals surface area contributed by atoms with Gasteiger partial charge < -0.3 is 10.0 Å². The molecule has 4 rings (SSSR count). The van der Waals surface area contributed by atoms with Crippen LogP contribution in [0.3, 0.4) is 0 Å². The van der Waals surface area contributed by atoms with E-state index in [0.29, 0.717) is 6.04 Å². The van der Waals surface area contributed by atoms with E-state index in [1.54, 1.807) is 0 Å². The Bertz CT molecular complexity index is 724. The molecule has 1 aliphatic heterocycles. The monoisotopic (exact) mass is 392 g/mol. The summed E-state index contributed by atoms with van der Waals surface area (Å²) in [4.78, 5) is 5.26. The van der Waals surface area contributed by atoms with Gasteiger partial charge in [-0.15, -0.1) is 0 Å². The SMILES string of the molecule is OCC[C@H]1CN(CC2CCCCC2)CCN1Cc1ccc(-c2ccccc2)cc1. The second-order valence-corrected chi connectivity index (χ2v) is 8.96. The Labute approximate surface area is 176 Å². The summed E-state index contributed by atoms with van der Waals surface area (Å²) in [5.41, 5.74) is 3.92. The summed E-state index contributed by atoms with van der Waals surface area (Å²) in [6, 6.07) is 20.1. The number of aliphatic hydroxyl groups excluding tert-OH is 1. The molecule has 1 N–H and O–H groups in total. The molecule has 0 spiro atoms. The van der Waals surface area contributed by atoms with Gasteiger partial charge in [0.05, 0.1) is 0 Å². The Hall–Kier alpha value is -1.68. The topological polar surface area (TPSA) is 26.7 Å². The Kier molecular flexibility index (Phi) is 7.37. The Morgan fingerprint density at radius 1 is 0.828 bits per heavy atom. The lowest BCUT2D eigenvalue weighted by atomic mass is 9.88. The number of hydrogen-bond acceptors (Lipinski definition) is 3. The first-order chi connectivity index (χ1) is 14.3. The van der Waals surface area contributed by atoms with E-state index in [9.17, 15) is 5.11 Å². The van der Waals surface area contributed by atoms with Crippen molar-refractivity contribution >= 4 is 0 Å². The first-order valence-corrected chi connectivity index (χ1v) is 11.5. The Morgan fingerprint density at radius 3 is 2.28 bits per heavy atom. The zero-order valence-electron chi connectivity index (χ0n) is 17.7. The normalized spacial score (nSPS) is 22.0. The molecule has 1 saturated heterocycles. The molecule has 156 valence electrons. The maximum atomic E-state index is 9.63. The fraction of sp³-hybridized carbons (Fsp3) is 0.538. The molecule has 2 fully saturated rings. The first kappa shape index (κ1) is 20.6. The van der Waals surface area contributed by atoms with Crippen molar-refractivity contribution in [3.05, 3.63) is 60.2 Å². The molecule has 1 saturated carbocycles. The summed E-state index contributed by atoms with van der Waals surface area (Å²) in [5.74, 6) is 0.899. The molecule has 2 aliphatic rings. The average Bonchev–Trinajstić information content (AvgIpc) is 2.78. The van der Waals surface area contributed by atoms with Crippen LogP contribution < -0.4 is 0 Å². The quantitative estimate of drug-likeness (QED) is 0.733. The van der Waals surface area contributed by atoms with Gasteiger partial charge in [0.1, 0.15) is 0 Å². The number of aliphatic hydroxyl groups is 1. The van der Waals surface area contributed by atoms with E-state index in [-0.39, 0.29) is 6.61 Å². The molecule has 0 aromatic heterocycles. The summed E-state index contributed by atoms with van der Waals surface area (Å²) in [6.07, 6.45) is 7.98. The predicted molar refractivity (Wildman–Crippen MR) is 121 cm³/mol. The van der Waals surface area contributed by atoms with Crippen LogP contribution in [0.5, 0.6) is 0 Å². The molecule has 1 atom stereocenters. The zero-order chi connectivity index (χ0) is 19.9. The van der Waals surface area contributed by atoms with Crippen molar-refractivity contribution in [2.75, 3.05) is 32.8 Å². The van der Waals surface area contributed by atoms with Gasteiger partial charge in [0.15, 0.2) is 0 Å². The molecule has 1 heterocycles. The van der Waals surface area contributed by atoms with E-state index in [1.807, 2.05) is 0 Å². The second-order valence-electron chi connectivity index (χ2n) is 8.96. The summed E-state index contributed by atoms with van der Waals surface area (Å²) in [5, 5.41) is 9.63. The van der Waals surface area contributed by atoms with Gasteiger partial charge in [-0.25, -0.2) is 0 Å². The number of hydrogen-bond donors (Lipinski definition) is 1. The van der Waals surface area contributed by atoms with Crippen LogP contribution in [0.15, 0.2) is 54.6 Å². The predicted octanol–water partition coefficient (Wildman–Crippen LogP) is 4.80. The minimum absolute atomic E-state index is 0.283. The minimum Gasteiger partial charge on any atom is -0.396 e. The summed E-state index contributed by atoms with van der Waals surface area (Å²) in [7, 11) is 0. The highest BCUT2D eigenvalue weighted by Gasteiger charge is 2.28. The fourth-order valence-corrected chi connectivity index (χ4v) is 5.16. The van der Waals surface area contributed by atoms with Gasteiger partial charge in [0.25, 0.3) is 0 Å². The van der Waals surface area contributed by atoms with Crippen molar-refractivity contribution in [3.8, 4) is 11.1 Å². The van der Waals surface area contributed by atoms with Crippen LogP contribution in [0.4, 0.5) is 0 Å². The van der Waals surface area contributed by atoms with Crippen LogP contribution in [-0.4, -0.2) is 53.7 Å². The molecule has 0 unspecified atom stereocenters. The van der Waals surface area contributed by atoms with Crippen LogP contribution >= 0.6 is 0 Å². The van der Waals surface area contributed by atoms with Crippen molar-refractivity contribution in [1.29, 1.82) is 0 Å². The van der Waals surface area contributed by atoms with Gasteiger partial charge in [0.2, 0.25) is 0 Å². The fourth-order valence-electron chi connectivity index (χ4n) is 5.16. The largest absolute Gasteiger partial charge is 0.396 e. The highest BCUT2D eigenvalue weighted by atomic mass is 16.3. The Morgan fingerprint density at radius 2 is 1.55 bits per heavy atom. The maximum Gasteiger partial charge on any atom is 0.0446 e. The van der Waals surface area contributed by atoms with Gasteiger partial charge in [-0.05, 0) is 41.9 Å². The molecule has 3 heteroatoms. The van der Waals surface area contributed by atoms with Crippen LogP contribution in [0.2, 0.25) is 0 Å². The number of nitrogens with zero attached hydrogens (tertiary/aromatic N) is 2. The summed E-state index contributed by atoms with van der Waals surface area (Å²) >= 11 is 0. The van der Waals surface area contributed by atoms with Crippen molar-refractivity contribution in [2.24, 2.45) is 5.92 Å².